The van der Waals surface area contributed by atoms with Gasteiger partial charge in [0.05, 0.1) is 31.9 Å². The van der Waals surface area contributed by atoms with Gasteiger partial charge in [0.25, 0.3) is 0 Å². The van der Waals surface area contributed by atoms with E-state index in [-0.39, 0.29) is 5.78 Å². The minimum absolute atomic E-state index is 0.138. The van der Waals surface area contributed by atoms with Crippen LogP contribution in [0.2, 0.25) is 0 Å². The van der Waals surface area contributed by atoms with Crippen LogP contribution < -0.4 is 14.4 Å². The van der Waals surface area contributed by atoms with Crippen molar-refractivity contribution in [3.8, 4) is 11.5 Å². The largest absolute Gasteiger partial charge is 0.497 e. The Morgan fingerprint density at radius 3 is 1.56 bits per heavy atom. The fourth-order valence-electron chi connectivity index (χ4n) is 3.25. The van der Waals surface area contributed by atoms with E-state index in [2.05, 4.69) is 6.92 Å². The van der Waals surface area contributed by atoms with Crippen molar-refractivity contribution in [2.45, 2.75) is 6.92 Å². The van der Waals surface area contributed by atoms with Crippen molar-refractivity contribution in [1.82, 2.24) is 0 Å². The molecule has 1 saturated heterocycles. The molecule has 1 fully saturated rings. The number of piperidine rings is 1. The van der Waals surface area contributed by atoms with Gasteiger partial charge in [0, 0.05) is 0 Å². The van der Waals surface area contributed by atoms with Crippen molar-refractivity contribution in [1.29, 1.82) is 0 Å². The predicted octanol–water partition coefficient (Wildman–Crippen LogP) is 2.66. The molecule has 1 aliphatic heterocycles. The van der Waals surface area contributed by atoms with E-state index < -0.39 is 0 Å². The van der Waals surface area contributed by atoms with E-state index >= 15 is 0 Å². The van der Waals surface area contributed by atoms with E-state index in [1.165, 1.54) is 4.90 Å². The molecule has 2 aromatic rings. The third-order valence-electron chi connectivity index (χ3n) is 4.88. The molecule has 2 aromatic carbocycles. The highest BCUT2D eigenvalue weighted by Gasteiger charge is 2.28. The van der Waals surface area contributed by atoms with Gasteiger partial charge in [-0.2, -0.15) is 0 Å². The number of methoxy groups -OCH3 is 2. The van der Waals surface area contributed by atoms with Crippen LogP contribution in [0.5, 0.6) is 11.5 Å². The maximum absolute atomic E-state index is 13.0. The predicted molar refractivity (Wildman–Crippen MR) is 108 cm³/mol. The van der Waals surface area contributed by atoms with E-state index in [4.69, 9.17) is 9.47 Å². The van der Waals surface area contributed by atoms with Crippen LogP contribution in [0.1, 0.15) is 18.1 Å². The van der Waals surface area contributed by atoms with Gasteiger partial charge >= 0.3 is 0 Å². The number of ketones is 1. The van der Waals surface area contributed by atoms with Gasteiger partial charge in [-0.15, -0.1) is 0 Å². The number of rotatable bonds is 5. The monoisotopic (exact) mass is 364 g/mol. The molecule has 3 rings (SSSR count). The first-order valence-corrected chi connectivity index (χ1v) is 9.20. The van der Waals surface area contributed by atoms with Crippen LogP contribution in [0.15, 0.2) is 59.7 Å². The lowest BCUT2D eigenvalue weighted by Gasteiger charge is -2.25. The normalized spacial score (nSPS) is 20.1. The van der Waals surface area contributed by atoms with Gasteiger partial charge < -0.3 is 14.4 Å². The lowest BCUT2D eigenvalue weighted by Crippen LogP contribution is -3.13. The number of likely N-dealkylation sites (N-methyl/N-ethyl adjacent to an activating group) is 1. The number of quaternary nitrogens is 1. The topological polar surface area (TPSA) is 40.0 Å². The first-order valence-electron chi connectivity index (χ1n) is 9.20. The number of carbonyl (C=O) groups excluding carboxylic acids is 1. The molecule has 0 bridgehead atoms. The molecule has 1 heterocycles. The van der Waals surface area contributed by atoms with E-state index in [9.17, 15) is 4.79 Å². The van der Waals surface area contributed by atoms with Gasteiger partial charge in [0.2, 0.25) is 0 Å². The zero-order chi connectivity index (χ0) is 19.2. The van der Waals surface area contributed by atoms with Crippen molar-refractivity contribution < 1.29 is 19.2 Å². The second kappa shape index (κ2) is 8.69. The van der Waals surface area contributed by atoms with Gasteiger partial charge in [-0.3, -0.25) is 4.79 Å². The number of hydrogen-bond acceptors (Lipinski definition) is 3. The summed E-state index contributed by atoms with van der Waals surface area (Å²) in [7, 11) is 3.30. The summed E-state index contributed by atoms with van der Waals surface area (Å²) in [6, 6.07) is 15.6. The summed E-state index contributed by atoms with van der Waals surface area (Å²) in [5, 5.41) is 0. The molecule has 1 aliphatic rings. The molecule has 0 spiro atoms. The zero-order valence-electron chi connectivity index (χ0n) is 16.1. The van der Waals surface area contributed by atoms with E-state index in [1.54, 1.807) is 14.2 Å². The molecule has 0 aromatic heterocycles. The quantitative estimate of drug-likeness (QED) is 0.829. The van der Waals surface area contributed by atoms with Crippen molar-refractivity contribution in [3.63, 3.8) is 0 Å². The lowest BCUT2D eigenvalue weighted by atomic mass is 9.94. The third kappa shape index (κ3) is 4.66. The summed E-state index contributed by atoms with van der Waals surface area (Å²) in [6.45, 7) is 4.64. The van der Waals surface area contributed by atoms with Gasteiger partial charge in [-0.25, -0.2) is 0 Å². The Bertz CT molecular complexity index is 779. The number of benzene rings is 2. The van der Waals surface area contributed by atoms with Crippen molar-refractivity contribution in [3.05, 3.63) is 70.8 Å². The van der Waals surface area contributed by atoms with E-state index in [0.29, 0.717) is 0 Å². The molecule has 0 aliphatic carbocycles. The fourth-order valence-corrected chi connectivity index (χ4v) is 3.25. The van der Waals surface area contributed by atoms with Crippen LogP contribution in [-0.2, 0) is 4.79 Å². The molecule has 0 saturated carbocycles. The Labute approximate surface area is 160 Å². The maximum Gasteiger partial charge on any atom is 0.196 e. The number of Topliss-reactive ketones (excluding diaryl/α,β-unsaturated/α-hetero) is 1. The lowest BCUT2D eigenvalue weighted by molar-refractivity contribution is -0.889. The number of carbonyl (C=O) groups is 1. The summed E-state index contributed by atoms with van der Waals surface area (Å²) in [6.07, 6.45) is 4.00. The van der Waals surface area contributed by atoms with Gasteiger partial charge in [-0.1, -0.05) is 24.3 Å². The van der Waals surface area contributed by atoms with Crippen LogP contribution in [-0.4, -0.2) is 39.6 Å². The summed E-state index contributed by atoms with van der Waals surface area (Å²) in [4.78, 5) is 14.4. The van der Waals surface area contributed by atoms with Gasteiger partial charge in [-0.05, 0) is 54.5 Å². The summed E-state index contributed by atoms with van der Waals surface area (Å²) >= 11 is 0. The first kappa shape index (κ1) is 18.9. The molecule has 4 heteroatoms. The second-order valence-corrected chi connectivity index (χ2v) is 6.67. The summed E-state index contributed by atoms with van der Waals surface area (Å²) in [5.74, 6) is 1.76. The van der Waals surface area contributed by atoms with Crippen LogP contribution >= 0.6 is 0 Å². The molecule has 1 N–H and O–H groups in total. The maximum atomic E-state index is 13.0. The molecular formula is C23H26NO3+. The molecule has 0 amide bonds. The fraction of sp³-hybridized carbons (Fsp3) is 0.261. The smallest absolute Gasteiger partial charge is 0.196 e. The highest BCUT2D eigenvalue weighted by Crippen LogP contribution is 2.19. The number of nitrogens with one attached hydrogen (secondary N) is 1. The van der Waals surface area contributed by atoms with Crippen molar-refractivity contribution in [2.24, 2.45) is 0 Å². The summed E-state index contributed by atoms with van der Waals surface area (Å²) in [5.41, 5.74) is 3.73. The Morgan fingerprint density at radius 2 is 1.22 bits per heavy atom. The van der Waals surface area contributed by atoms with E-state index in [1.807, 2.05) is 60.7 Å². The van der Waals surface area contributed by atoms with Crippen LogP contribution in [0, 0.1) is 0 Å². The standard InChI is InChI=1S/C23H25NO3/c1-4-24-15-19(13-17-5-9-21(26-2)10-6-17)23(25)20(16-24)14-18-7-11-22(27-3)12-8-18/h5-14H,4,15-16H2,1-3H3/p+1/b19-13-,20-14+. The molecular weight excluding hydrogens is 338 g/mol. The molecule has 0 radical (unpaired) electrons. The van der Waals surface area contributed by atoms with Crippen molar-refractivity contribution in [2.75, 3.05) is 33.9 Å². The zero-order valence-corrected chi connectivity index (χ0v) is 16.1. The SMILES string of the molecule is CC[NH+]1C/C(=C/c2ccc(OC)cc2)C(=O)/C(=C/c2ccc(OC)cc2)C1. The number of likely N-dealkylation sites (tertiary alicyclic amines) is 1. The molecule has 27 heavy (non-hydrogen) atoms. The molecule has 140 valence electrons. The summed E-state index contributed by atoms with van der Waals surface area (Å²) < 4.78 is 10.4. The van der Waals surface area contributed by atoms with Crippen LogP contribution in [0.4, 0.5) is 0 Å². The third-order valence-corrected chi connectivity index (χ3v) is 4.88. The van der Waals surface area contributed by atoms with E-state index in [0.717, 1.165) is 53.4 Å². The molecule has 1 atom stereocenters. The Kier molecular flexibility index (Phi) is 6.09. The van der Waals surface area contributed by atoms with Crippen LogP contribution in [0.25, 0.3) is 12.2 Å². The second-order valence-electron chi connectivity index (χ2n) is 6.67. The molecule has 4 nitrogen and oxygen atoms in total. The molecule has 1 unspecified atom stereocenters. The minimum Gasteiger partial charge on any atom is -0.497 e. The highest BCUT2D eigenvalue weighted by molar-refractivity contribution is 6.14. The Morgan fingerprint density at radius 1 is 0.815 bits per heavy atom. The number of ether oxygens (including phenoxy) is 2. The number of hydrogen-bond donors (Lipinski definition) is 1. The Balaban J connectivity index is 1.89. The Hall–Kier alpha value is -2.85. The average molecular weight is 364 g/mol. The van der Waals surface area contributed by atoms with Crippen LogP contribution in [0.3, 0.4) is 0 Å². The average Bonchev–Trinajstić information content (AvgIpc) is 2.72. The van der Waals surface area contributed by atoms with Gasteiger partial charge in [0.1, 0.15) is 24.6 Å². The van der Waals surface area contributed by atoms with Crippen molar-refractivity contribution >= 4 is 17.9 Å². The highest BCUT2D eigenvalue weighted by atomic mass is 16.5. The van der Waals surface area contributed by atoms with Gasteiger partial charge in [0.15, 0.2) is 5.78 Å². The first-order chi connectivity index (χ1) is 13.1. The minimum atomic E-state index is 0.138.